The lowest BCUT2D eigenvalue weighted by molar-refractivity contribution is 0.590. The number of nitrogens with zero attached hydrogens (tertiary/aromatic N) is 2. The quantitative estimate of drug-likeness (QED) is 0.270. The third-order valence-electron chi connectivity index (χ3n) is 5.04. The summed E-state index contributed by atoms with van der Waals surface area (Å²) < 4.78 is 16.0. The van der Waals surface area contributed by atoms with E-state index in [2.05, 4.69) is 45.0 Å². The van der Waals surface area contributed by atoms with E-state index < -0.39 is 0 Å². The fourth-order valence-electron chi connectivity index (χ4n) is 3.23. The van der Waals surface area contributed by atoms with E-state index in [1.165, 1.54) is 34.7 Å². The van der Waals surface area contributed by atoms with E-state index >= 15 is 0 Å². The molecule has 0 aliphatic carbocycles. The molecule has 0 saturated carbocycles. The number of aryl methyl sites for hydroxylation is 1. The minimum atomic E-state index is -0.287. The Balaban J connectivity index is 1.72. The van der Waals surface area contributed by atoms with Crippen LogP contribution in [0, 0.1) is 12.7 Å². The second-order valence-electron chi connectivity index (χ2n) is 8.34. The zero-order valence-electron chi connectivity index (χ0n) is 17.4. The van der Waals surface area contributed by atoms with Crippen LogP contribution in [-0.2, 0) is 11.2 Å². The van der Waals surface area contributed by atoms with Crippen molar-refractivity contribution in [2.24, 2.45) is 0 Å². The van der Waals surface area contributed by atoms with Gasteiger partial charge >= 0.3 is 0 Å². The normalized spacial score (nSPS) is 11.9. The molecule has 0 aliphatic rings. The fraction of sp³-hybridized carbons (Fsp3) is 0.250. The standard InChI is InChI=1S/C24H23FN2OS2/c1-15-13-18(9-10-19(15)25)27-22(28)21-20(11-12-29-21)26-23(27)30-14-16-5-7-17(8-6-16)24(2,3)4/h5-13H,14H2,1-4H3. The highest BCUT2D eigenvalue weighted by atomic mass is 32.2. The molecule has 0 fully saturated rings. The first-order chi connectivity index (χ1) is 14.2. The number of thioether (sulfide) groups is 1. The van der Waals surface area contributed by atoms with Crippen LogP contribution in [0.5, 0.6) is 0 Å². The lowest BCUT2D eigenvalue weighted by atomic mass is 9.87. The molecule has 0 saturated heterocycles. The second-order valence-corrected chi connectivity index (χ2v) is 10.2. The zero-order valence-corrected chi connectivity index (χ0v) is 19.0. The van der Waals surface area contributed by atoms with Crippen LogP contribution < -0.4 is 5.56 Å². The maximum atomic E-state index is 13.8. The highest BCUT2D eigenvalue weighted by molar-refractivity contribution is 7.98. The number of rotatable bonds is 4. The molecule has 2 heterocycles. The number of halogens is 1. The smallest absolute Gasteiger partial charge is 0.267 e. The summed E-state index contributed by atoms with van der Waals surface area (Å²) in [7, 11) is 0. The van der Waals surface area contributed by atoms with Gasteiger partial charge in [-0.25, -0.2) is 9.37 Å². The molecule has 6 heteroatoms. The van der Waals surface area contributed by atoms with Crippen molar-refractivity contribution in [3.63, 3.8) is 0 Å². The molecule has 2 aromatic carbocycles. The monoisotopic (exact) mass is 438 g/mol. The summed E-state index contributed by atoms with van der Waals surface area (Å²) in [5.41, 5.74) is 4.27. The van der Waals surface area contributed by atoms with Gasteiger partial charge in [-0.1, -0.05) is 56.8 Å². The molecule has 0 unspecified atom stereocenters. The van der Waals surface area contributed by atoms with E-state index in [0.717, 1.165) is 5.56 Å². The number of thiophene rings is 1. The van der Waals surface area contributed by atoms with Crippen molar-refractivity contribution < 1.29 is 4.39 Å². The Labute approximate surface area is 183 Å². The second kappa shape index (κ2) is 8.00. The summed E-state index contributed by atoms with van der Waals surface area (Å²) >= 11 is 2.89. The van der Waals surface area contributed by atoms with Gasteiger partial charge in [-0.15, -0.1) is 11.3 Å². The van der Waals surface area contributed by atoms with Crippen LogP contribution in [-0.4, -0.2) is 9.55 Å². The summed E-state index contributed by atoms with van der Waals surface area (Å²) in [5.74, 6) is 0.400. The summed E-state index contributed by atoms with van der Waals surface area (Å²) in [6, 6.07) is 15.2. The van der Waals surface area contributed by atoms with E-state index in [9.17, 15) is 9.18 Å². The highest BCUT2D eigenvalue weighted by Crippen LogP contribution is 2.28. The molecule has 0 radical (unpaired) electrons. The average molecular weight is 439 g/mol. The predicted octanol–water partition coefficient (Wildman–Crippen LogP) is 6.48. The Morgan fingerprint density at radius 2 is 1.83 bits per heavy atom. The summed E-state index contributed by atoms with van der Waals surface area (Å²) in [6.45, 7) is 8.28. The lowest BCUT2D eigenvalue weighted by Crippen LogP contribution is -2.21. The third-order valence-corrected chi connectivity index (χ3v) is 6.94. The van der Waals surface area contributed by atoms with E-state index in [1.54, 1.807) is 23.6 Å². The molecule has 4 aromatic rings. The molecule has 0 aliphatic heterocycles. The lowest BCUT2D eigenvalue weighted by Gasteiger charge is -2.19. The maximum absolute atomic E-state index is 13.8. The molecule has 0 spiro atoms. The molecule has 0 bridgehead atoms. The summed E-state index contributed by atoms with van der Waals surface area (Å²) in [5, 5.41) is 2.48. The Hall–Kier alpha value is -2.44. The van der Waals surface area contributed by atoms with Crippen LogP contribution in [0.1, 0.15) is 37.5 Å². The molecule has 3 nitrogen and oxygen atoms in total. The molecular weight excluding hydrogens is 415 g/mol. The summed E-state index contributed by atoms with van der Waals surface area (Å²) in [6.07, 6.45) is 0. The molecule has 0 atom stereocenters. The predicted molar refractivity (Wildman–Crippen MR) is 125 cm³/mol. The molecule has 0 amide bonds. The van der Waals surface area contributed by atoms with Gasteiger partial charge in [-0.3, -0.25) is 9.36 Å². The van der Waals surface area contributed by atoms with Crippen molar-refractivity contribution in [3.05, 3.63) is 86.8 Å². The molecule has 154 valence electrons. The van der Waals surface area contributed by atoms with Crippen molar-refractivity contribution in [1.29, 1.82) is 0 Å². The van der Waals surface area contributed by atoms with Crippen molar-refractivity contribution in [2.75, 3.05) is 0 Å². The van der Waals surface area contributed by atoms with Gasteiger partial charge in [0.25, 0.3) is 5.56 Å². The van der Waals surface area contributed by atoms with Gasteiger partial charge in [-0.05, 0) is 58.7 Å². The number of benzene rings is 2. The SMILES string of the molecule is Cc1cc(-n2c(SCc3ccc(C(C)(C)C)cc3)nc3ccsc3c2=O)ccc1F. The van der Waals surface area contributed by atoms with Crippen molar-refractivity contribution >= 4 is 33.3 Å². The molecular formula is C24H23FN2OS2. The van der Waals surface area contributed by atoms with Gasteiger partial charge in [-0.2, -0.15) is 0 Å². The number of fused-ring (bicyclic) bond motifs is 1. The summed E-state index contributed by atoms with van der Waals surface area (Å²) in [4.78, 5) is 17.9. The van der Waals surface area contributed by atoms with Crippen LogP contribution in [0.15, 0.2) is 63.9 Å². The first kappa shape index (κ1) is 20.8. The third kappa shape index (κ3) is 4.07. The van der Waals surface area contributed by atoms with Crippen LogP contribution in [0.3, 0.4) is 0 Å². The van der Waals surface area contributed by atoms with Gasteiger partial charge in [0.05, 0.1) is 11.2 Å². The van der Waals surface area contributed by atoms with Crippen molar-refractivity contribution in [2.45, 2.75) is 44.0 Å². The molecule has 4 rings (SSSR count). The molecule has 30 heavy (non-hydrogen) atoms. The van der Waals surface area contributed by atoms with Gasteiger partial charge in [0.2, 0.25) is 0 Å². The minimum absolute atomic E-state index is 0.109. The fourth-order valence-corrected chi connectivity index (χ4v) is 4.96. The largest absolute Gasteiger partial charge is 0.276 e. The van der Waals surface area contributed by atoms with E-state index in [1.807, 2.05) is 11.4 Å². The molecule has 0 N–H and O–H groups in total. The number of aromatic nitrogens is 2. The Kier molecular flexibility index (Phi) is 5.55. The van der Waals surface area contributed by atoms with Crippen LogP contribution in [0.4, 0.5) is 4.39 Å². The average Bonchev–Trinajstić information content (AvgIpc) is 3.17. The van der Waals surface area contributed by atoms with Crippen LogP contribution in [0.25, 0.3) is 15.9 Å². The van der Waals surface area contributed by atoms with Crippen molar-refractivity contribution in [1.82, 2.24) is 9.55 Å². The zero-order chi connectivity index (χ0) is 21.5. The number of hydrogen-bond donors (Lipinski definition) is 0. The van der Waals surface area contributed by atoms with Gasteiger partial charge < -0.3 is 0 Å². The van der Waals surface area contributed by atoms with Gasteiger partial charge in [0.15, 0.2) is 5.16 Å². The Bertz CT molecular complexity index is 1270. The van der Waals surface area contributed by atoms with Gasteiger partial charge in [0, 0.05) is 5.75 Å². The van der Waals surface area contributed by atoms with E-state index in [-0.39, 0.29) is 16.8 Å². The van der Waals surface area contributed by atoms with Crippen molar-refractivity contribution in [3.8, 4) is 5.69 Å². The topological polar surface area (TPSA) is 34.9 Å². The van der Waals surface area contributed by atoms with Gasteiger partial charge in [0.1, 0.15) is 10.5 Å². The number of hydrogen-bond acceptors (Lipinski definition) is 4. The van der Waals surface area contributed by atoms with Crippen LogP contribution in [0.2, 0.25) is 0 Å². The van der Waals surface area contributed by atoms with Crippen LogP contribution >= 0.6 is 23.1 Å². The van der Waals surface area contributed by atoms with E-state index in [0.29, 0.717) is 32.4 Å². The first-order valence-corrected chi connectivity index (χ1v) is 11.6. The molecule has 2 aromatic heterocycles. The Morgan fingerprint density at radius 3 is 2.50 bits per heavy atom. The van der Waals surface area contributed by atoms with E-state index in [4.69, 9.17) is 4.98 Å². The minimum Gasteiger partial charge on any atom is -0.267 e. The highest BCUT2D eigenvalue weighted by Gasteiger charge is 2.16. The maximum Gasteiger partial charge on any atom is 0.276 e. The first-order valence-electron chi connectivity index (χ1n) is 9.73. The Morgan fingerprint density at radius 1 is 1.10 bits per heavy atom.